The summed E-state index contributed by atoms with van der Waals surface area (Å²) in [5, 5.41) is 4.89. The molecule has 1 saturated carbocycles. The van der Waals surface area contributed by atoms with Crippen LogP contribution in [0.2, 0.25) is 0 Å². The second-order valence-corrected chi connectivity index (χ2v) is 6.33. The lowest BCUT2D eigenvalue weighted by molar-refractivity contribution is 0.503. The Morgan fingerprint density at radius 2 is 2.10 bits per heavy atom. The van der Waals surface area contributed by atoms with Gasteiger partial charge < -0.3 is 9.73 Å². The fourth-order valence-electron chi connectivity index (χ4n) is 2.95. The molecular weight excluding hydrogens is 246 g/mol. The second-order valence-electron chi connectivity index (χ2n) is 6.33. The molecule has 0 amide bonds. The van der Waals surface area contributed by atoms with E-state index in [0.29, 0.717) is 5.92 Å². The van der Waals surface area contributed by atoms with Gasteiger partial charge in [0.05, 0.1) is 6.54 Å². The number of nitrogens with one attached hydrogen (secondary N) is 1. The molecule has 0 radical (unpaired) electrons. The van der Waals surface area contributed by atoms with Crippen LogP contribution in [0.15, 0.2) is 22.6 Å². The van der Waals surface area contributed by atoms with Gasteiger partial charge in [0.2, 0.25) is 0 Å². The number of benzene rings is 1. The smallest absolute Gasteiger partial charge is 0.134 e. The summed E-state index contributed by atoms with van der Waals surface area (Å²) in [7, 11) is 0. The topological polar surface area (TPSA) is 25.2 Å². The summed E-state index contributed by atoms with van der Waals surface area (Å²) in [4.78, 5) is 0. The fraction of sp³-hybridized carbons (Fsp3) is 0.556. The van der Waals surface area contributed by atoms with E-state index in [1.165, 1.54) is 35.8 Å². The molecule has 1 fully saturated rings. The summed E-state index contributed by atoms with van der Waals surface area (Å²) >= 11 is 0. The van der Waals surface area contributed by atoms with Crippen molar-refractivity contribution >= 4 is 11.0 Å². The fourth-order valence-corrected chi connectivity index (χ4v) is 2.95. The number of aryl methyl sites for hydroxylation is 1. The quantitative estimate of drug-likeness (QED) is 0.819. The van der Waals surface area contributed by atoms with E-state index in [-0.39, 0.29) is 0 Å². The van der Waals surface area contributed by atoms with E-state index in [1.54, 1.807) is 0 Å². The van der Waals surface area contributed by atoms with Crippen LogP contribution in [0.25, 0.3) is 11.0 Å². The molecule has 1 aromatic carbocycles. The first kappa shape index (κ1) is 13.7. The Morgan fingerprint density at radius 1 is 1.30 bits per heavy atom. The molecule has 1 aliphatic carbocycles. The third-order valence-corrected chi connectivity index (χ3v) is 4.11. The molecule has 0 unspecified atom stereocenters. The minimum Gasteiger partial charge on any atom is -0.459 e. The van der Waals surface area contributed by atoms with E-state index in [2.05, 4.69) is 44.3 Å². The van der Waals surface area contributed by atoms with Crippen LogP contribution in [-0.4, -0.2) is 6.04 Å². The first-order chi connectivity index (χ1) is 9.69. The average Bonchev–Trinajstić information content (AvgIpc) is 3.16. The lowest BCUT2D eigenvalue weighted by atomic mass is 9.97. The number of rotatable bonds is 6. The van der Waals surface area contributed by atoms with Crippen molar-refractivity contribution in [3.05, 3.63) is 35.1 Å². The maximum Gasteiger partial charge on any atom is 0.134 e. The first-order valence-corrected chi connectivity index (χ1v) is 7.96. The SMILES string of the molecule is CCCc1ccc2oc(CNC3CC3)c(C(C)C)c2c1. The van der Waals surface area contributed by atoms with E-state index in [9.17, 15) is 0 Å². The maximum absolute atomic E-state index is 6.11. The van der Waals surface area contributed by atoms with Gasteiger partial charge in [-0.05, 0) is 42.9 Å². The van der Waals surface area contributed by atoms with Gasteiger partial charge in [0.1, 0.15) is 11.3 Å². The molecule has 0 saturated heterocycles. The largest absolute Gasteiger partial charge is 0.459 e. The molecule has 1 heterocycles. The average molecular weight is 271 g/mol. The lowest BCUT2D eigenvalue weighted by Gasteiger charge is -2.07. The highest BCUT2D eigenvalue weighted by molar-refractivity contribution is 5.83. The zero-order chi connectivity index (χ0) is 14.1. The number of hydrogen-bond donors (Lipinski definition) is 1. The van der Waals surface area contributed by atoms with Crippen molar-refractivity contribution in [1.29, 1.82) is 0 Å². The molecule has 0 bridgehead atoms. The van der Waals surface area contributed by atoms with Crippen molar-refractivity contribution in [2.45, 2.75) is 65.0 Å². The molecule has 0 atom stereocenters. The monoisotopic (exact) mass is 271 g/mol. The van der Waals surface area contributed by atoms with Gasteiger partial charge in [0.15, 0.2) is 0 Å². The summed E-state index contributed by atoms with van der Waals surface area (Å²) in [5.41, 5.74) is 3.86. The summed E-state index contributed by atoms with van der Waals surface area (Å²) < 4.78 is 6.11. The van der Waals surface area contributed by atoms with Gasteiger partial charge in [-0.1, -0.05) is 33.3 Å². The zero-order valence-electron chi connectivity index (χ0n) is 12.8. The predicted molar refractivity (Wildman–Crippen MR) is 84.2 cm³/mol. The third-order valence-electron chi connectivity index (χ3n) is 4.11. The molecule has 2 aromatic rings. The summed E-state index contributed by atoms with van der Waals surface area (Å²) in [6.07, 6.45) is 4.97. The Labute approximate surface area is 121 Å². The Kier molecular flexibility index (Phi) is 3.84. The van der Waals surface area contributed by atoms with Gasteiger partial charge in [0, 0.05) is 17.0 Å². The summed E-state index contributed by atoms with van der Waals surface area (Å²) in [6, 6.07) is 7.40. The van der Waals surface area contributed by atoms with E-state index in [1.807, 2.05) is 0 Å². The highest BCUT2D eigenvalue weighted by Crippen LogP contribution is 2.33. The van der Waals surface area contributed by atoms with E-state index < -0.39 is 0 Å². The van der Waals surface area contributed by atoms with Crippen LogP contribution in [0.5, 0.6) is 0 Å². The number of fused-ring (bicyclic) bond motifs is 1. The van der Waals surface area contributed by atoms with Crippen molar-refractivity contribution in [2.75, 3.05) is 0 Å². The van der Waals surface area contributed by atoms with Gasteiger partial charge in [0.25, 0.3) is 0 Å². The molecular formula is C18H25NO. The standard InChI is InChI=1S/C18H25NO/c1-4-5-13-6-9-16-15(10-13)18(12(2)3)17(20-16)11-19-14-7-8-14/h6,9-10,12,14,19H,4-5,7-8,11H2,1-3H3. The van der Waals surface area contributed by atoms with Crippen molar-refractivity contribution in [3.8, 4) is 0 Å². The van der Waals surface area contributed by atoms with E-state index >= 15 is 0 Å². The molecule has 1 aromatic heterocycles. The van der Waals surface area contributed by atoms with Crippen molar-refractivity contribution in [3.63, 3.8) is 0 Å². The maximum atomic E-state index is 6.11. The molecule has 1 N–H and O–H groups in total. The molecule has 108 valence electrons. The van der Waals surface area contributed by atoms with Gasteiger partial charge >= 0.3 is 0 Å². The summed E-state index contributed by atoms with van der Waals surface area (Å²) in [6.45, 7) is 7.62. The van der Waals surface area contributed by atoms with E-state index in [0.717, 1.165) is 30.4 Å². The predicted octanol–water partition coefficient (Wildman–Crippen LogP) is 4.76. The van der Waals surface area contributed by atoms with Crippen LogP contribution in [0.1, 0.15) is 62.8 Å². The van der Waals surface area contributed by atoms with Crippen LogP contribution >= 0.6 is 0 Å². The zero-order valence-corrected chi connectivity index (χ0v) is 12.8. The van der Waals surface area contributed by atoms with Gasteiger partial charge in [-0.2, -0.15) is 0 Å². The first-order valence-electron chi connectivity index (χ1n) is 7.96. The highest BCUT2D eigenvalue weighted by Gasteiger charge is 2.23. The number of hydrogen-bond acceptors (Lipinski definition) is 2. The lowest BCUT2D eigenvalue weighted by Crippen LogP contribution is -2.15. The Bertz CT molecular complexity index is 593. The molecule has 20 heavy (non-hydrogen) atoms. The second kappa shape index (κ2) is 5.61. The van der Waals surface area contributed by atoms with Crippen molar-refractivity contribution in [1.82, 2.24) is 5.32 Å². The molecule has 1 aliphatic rings. The minimum absolute atomic E-state index is 0.504. The van der Waals surface area contributed by atoms with Gasteiger partial charge in [-0.15, -0.1) is 0 Å². The Balaban J connectivity index is 1.97. The van der Waals surface area contributed by atoms with Gasteiger partial charge in [-0.3, -0.25) is 0 Å². The highest BCUT2D eigenvalue weighted by atomic mass is 16.3. The van der Waals surface area contributed by atoms with Crippen LogP contribution < -0.4 is 5.32 Å². The molecule has 2 heteroatoms. The Morgan fingerprint density at radius 3 is 2.75 bits per heavy atom. The minimum atomic E-state index is 0.504. The molecule has 3 rings (SSSR count). The molecule has 2 nitrogen and oxygen atoms in total. The normalized spacial score (nSPS) is 15.4. The van der Waals surface area contributed by atoms with Gasteiger partial charge in [-0.25, -0.2) is 0 Å². The van der Waals surface area contributed by atoms with Crippen molar-refractivity contribution in [2.24, 2.45) is 0 Å². The van der Waals surface area contributed by atoms with Crippen molar-refractivity contribution < 1.29 is 4.42 Å². The Hall–Kier alpha value is -1.28. The van der Waals surface area contributed by atoms with E-state index in [4.69, 9.17) is 4.42 Å². The molecule has 0 aliphatic heterocycles. The molecule has 0 spiro atoms. The van der Waals surface area contributed by atoms with Crippen LogP contribution in [0.4, 0.5) is 0 Å². The van der Waals surface area contributed by atoms with Crippen LogP contribution in [-0.2, 0) is 13.0 Å². The number of furan rings is 1. The summed E-state index contributed by atoms with van der Waals surface area (Å²) in [5.74, 6) is 1.64. The third kappa shape index (κ3) is 2.76. The van der Waals surface area contributed by atoms with Crippen LogP contribution in [0.3, 0.4) is 0 Å². The van der Waals surface area contributed by atoms with Crippen LogP contribution in [0, 0.1) is 0 Å².